The zero-order valence-corrected chi connectivity index (χ0v) is 15.7. The highest BCUT2D eigenvalue weighted by Crippen LogP contribution is 2.40. The van der Waals surface area contributed by atoms with Crippen molar-refractivity contribution in [2.24, 2.45) is 0 Å². The Morgan fingerprint density at radius 2 is 2.04 bits per heavy atom. The van der Waals surface area contributed by atoms with Crippen molar-refractivity contribution in [2.45, 2.75) is 69.5 Å². The Morgan fingerprint density at radius 3 is 2.62 bits per heavy atom. The molecule has 0 aliphatic carbocycles. The van der Waals surface area contributed by atoms with Gasteiger partial charge in [0.2, 0.25) is 0 Å². The molecular weight excluding hydrogens is 334 g/mol. The molecule has 2 aliphatic heterocycles. The second kappa shape index (κ2) is 7.18. The van der Waals surface area contributed by atoms with Crippen molar-refractivity contribution < 1.29 is 24.5 Å². The van der Waals surface area contributed by atoms with Gasteiger partial charge in [-0.15, -0.1) is 0 Å². The summed E-state index contributed by atoms with van der Waals surface area (Å²) in [6, 6.07) is 9.46. The maximum atomic E-state index is 12.4. The number of nitrogens with zero attached hydrogens (tertiary/aromatic N) is 1. The largest absolute Gasteiger partial charge is 0.441 e. The highest BCUT2D eigenvalue weighted by atomic mass is 16.6. The molecule has 2 heterocycles. The Kier molecular flexibility index (Phi) is 5.28. The first-order valence-corrected chi connectivity index (χ1v) is 9.25. The molecule has 6 nitrogen and oxygen atoms in total. The minimum absolute atomic E-state index is 0.124. The van der Waals surface area contributed by atoms with Crippen LogP contribution in [0.5, 0.6) is 0 Å². The van der Waals surface area contributed by atoms with Crippen LogP contribution >= 0.6 is 0 Å². The van der Waals surface area contributed by atoms with Gasteiger partial charge in [0.25, 0.3) is 0 Å². The molecule has 6 heteroatoms. The lowest BCUT2D eigenvalue weighted by Crippen LogP contribution is -2.46. The van der Waals surface area contributed by atoms with Crippen molar-refractivity contribution in [3.05, 3.63) is 35.9 Å². The Balaban J connectivity index is 1.68. The van der Waals surface area contributed by atoms with E-state index in [1.165, 1.54) is 0 Å². The topological polar surface area (TPSA) is 79.2 Å². The lowest BCUT2D eigenvalue weighted by atomic mass is 9.93. The van der Waals surface area contributed by atoms with Gasteiger partial charge in [-0.3, -0.25) is 4.90 Å². The van der Waals surface area contributed by atoms with Crippen LogP contribution < -0.4 is 0 Å². The summed E-state index contributed by atoms with van der Waals surface area (Å²) in [7, 11) is 0. The molecule has 2 aliphatic rings. The maximum Gasteiger partial charge on any atom is 0.410 e. The van der Waals surface area contributed by atoms with E-state index in [1.54, 1.807) is 18.7 Å². The number of cyclic esters (lactones) is 1. The van der Waals surface area contributed by atoms with E-state index in [4.69, 9.17) is 9.47 Å². The van der Waals surface area contributed by atoms with Crippen LogP contribution in [0.1, 0.15) is 39.2 Å². The van der Waals surface area contributed by atoms with Crippen molar-refractivity contribution >= 4 is 6.09 Å². The predicted molar refractivity (Wildman–Crippen MR) is 96.8 cm³/mol. The van der Waals surface area contributed by atoms with Gasteiger partial charge in [0.1, 0.15) is 11.7 Å². The van der Waals surface area contributed by atoms with Crippen LogP contribution in [-0.4, -0.2) is 63.8 Å². The quantitative estimate of drug-likeness (QED) is 0.809. The number of benzene rings is 1. The molecule has 2 fully saturated rings. The molecule has 0 saturated carbocycles. The van der Waals surface area contributed by atoms with Crippen molar-refractivity contribution in [3.8, 4) is 0 Å². The van der Waals surface area contributed by atoms with Gasteiger partial charge in [-0.2, -0.15) is 0 Å². The van der Waals surface area contributed by atoms with Crippen LogP contribution in [-0.2, 0) is 15.9 Å². The normalized spacial score (nSPS) is 30.5. The van der Waals surface area contributed by atoms with E-state index < -0.39 is 23.4 Å². The Labute approximate surface area is 154 Å². The van der Waals surface area contributed by atoms with Crippen molar-refractivity contribution in [1.82, 2.24) is 4.90 Å². The molecule has 26 heavy (non-hydrogen) atoms. The van der Waals surface area contributed by atoms with Gasteiger partial charge in [0.05, 0.1) is 30.9 Å². The number of amides is 1. The van der Waals surface area contributed by atoms with Crippen molar-refractivity contribution in [2.75, 3.05) is 13.2 Å². The number of hydrogen-bond acceptors (Lipinski definition) is 5. The van der Waals surface area contributed by atoms with Crippen molar-refractivity contribution in [1.29, 1.82) is 0 Å². The second-order valence-corrected chi connectivity index (χ2v) is 8.16. The van der Waals surface area contributed by atoms with Gasteiger partial charge >= 0.3 is 6.09 Å². The molecule has 144 valence electrons. The van der Waals surface area contributed by atoms with Crippen molar-refractivity contribution in [3.63, 3.8) is 0 Å². The van der Waals surface area contributed by atoms with Gasteiger partial charge in [-0.05, 0) is 45.6 Å². The average Bonchev–Trinajstić information content (AvgIpc) is 3.18. The smallest absolute Gasteiger partial charge is 0.410 e. The summed E-state index contributed by atoms with van der Waals surface area (Å²) in [6.45, 7) is 5.66. The minimum Gasteiger partial charge on any atom is -0.441 e. The molecule has 0 unspecified atom stereocenters. The van der Waals surface area contributed by atoms with E-state index in [2.05, 4.69) is 0 Å². The summed E-state index contributed by atoms with van der Waals surface area (Å²) >= 11 is 0. The molecule has 3 rings (SSSR count). The molecule has 0 spiro atoms. The number of carbonyl (C=O) groups excluding carboxylic acids is 1. The SMILES string of the molecule is CC(C)(O)[C@H]1CC[C@@](C)([C@H]2CN([C@@H](CO)Cc3ccccc3)C(=O)O2)O1. The zero-order chi connectivity index (χ0) is 18.9. The minimum atomic E-state index is -0.930. The summed E-state index contributed by atoms with van der Waals surface area (Å²) in [5.74, 6) is 0. The van der Waals surface area contributed by atoms with E-state index in [9.17, 15) is 15.0 Å². The van der Waals surface area contributed by atoms with Crippen LogP contribution in [0.4, 0.5) is 4.79 Å². The Hall–Kier alpha value is -1.63. The number of ether oxygens (including phenoxy) is 2. The van der Waals surface area contributed by atoms with Gasteiger partial charge < -0.3 is 19.7 Å². The lowest BCUT2D eigenvalue weighted by molar-refractivity contribution is -0.146. The van der Waals surface area contributed by atoms with Gasteiger partial charge in [0, 0.05) is 0 Å². The van der Waals surface area contributed by atoms with E-state index in [1.807, 2.05) is 37.3 Å². The molecule has 2 saturated heterocycles. The molecule has 0 bridgehead atoms. The zero-order valence-electron chi connectivity index (χ0n) is 15.7. The highest BCUT2D eigenvalue weighted by Gasteiger charge is 2.52. The fourth-order valence-corrected chi connectivity index (χ4v) is 3.85. The Bertz CT molecular complexity index is 629. The summed E-state index contributed by atoms with van der Waals surface area (Å²) in [5.41, 5.74) is -0.490. The first-order chi connectivity index (χ1) is 12.2. The van der Waals surface area contributed by atoms with Crippen LogP contribution in [0.15, 0.2) is 30.3 Å². The number of aliphatic hydroxyl groups is 2. The van der Waals surface area contributed by atoms with E-state index >= 15 is 0 Å². The van der Waals surface area contributed by atoms with E-state index in [0.717, 1.165) is 18.4 Å². The van der Waals surface area contributed by atoms with Gasteiger partial charge in [-0.1, -0.05) is 30.3 Å². The first kappa shape index (κ1) is 19.1. The molecule has 0 aromatic heterocycles. The molecular formula is C20H29NO5. The van der Waals surface area contributed by atoms with Crippen LogP contribution in [0.3, 0.4) is 0 Å². The Morgan fingerprint density at radius 1 is 1.35 bits per heavy atom. The number of aliphatic hydroxyl groups excluding tert-OH is 1. The summed E-state index contributed by atoms with van der Waals surface area (Å²) in [4.78, 5) is 14.0. The number of hydrogen-bond donors (Lipinski definition) is 2. The molecule has 4 atom stereocenters. The maximum absolute atomic E-state index is 12.4. The van der Waals surface area contributed by atoms with Gasteiger partial charge in [0.15, 0.2) is 0 Å². The lowest BCUT2D eigenvalue weighted by Gasteiger charge is -2.33. The average molecular weight is 363 g/mol. The molecule has 1 amide bonds. The standard InChI is InChI=1S/C20H29NO5/c1-19(2,24)16-9-10-20(3,26-16)17-12-21(18(23)25-17)15(13-22)11-14-7-5-4-6-8-14/h4-8,15-17,22,24H,9-13H2,1-3H3/t15-,16-,17-,20+/m1/s1. The van der Waals surface area contributed by atoms with Crippen LogP contribution in [0.25, 0.3) is 0 Å². The number of carbonyl (C=O) groups is 1. The van der Waals surface area contributed by atoms with Crippen LogP contribution in [0, 0.1) is 0 Å². The highest BCUT2D eigenvalue weighted by molar-refractivity contribution is 5.70. The molecule has 1 aromatic rings. The molecule has 2 N–H and O–H groups in total. The van der Waals surface area contributed by atoms with Gasteiger partial charge in [-0.25, -0.2) is 4.79 Å². The first-order valence-electron chi connectivity index (χ1n) is 9.25. The second-order valence-electron chi connectivity index (χ2n) is 8.16. The fraction of sp³-hybridized carbons (Fsp3) is 0.650. The molecule has 0 radical (unpaired) electrons. The molecule has 1 aromatic carbocycles. The van der Waals surface area contributed by atoms with Crippen LogP contribution in [0.2, 0.25) is 0 Å². The fourth-order valence-electron chi connectivity index (χ4n) is 3.85. The third kappa shape index (κ3) is 3.87. The predicted octanol–water partition coefficient (Wildman–Crippen LogP) is 2.12. The summed E-state index contributed by atoms with van der Waals surface area (Å²) < 4.78 is 11.7. The number of rotatable bonds is 6. The summed E-state index contributed by atoms with van der Waals surface area (Å²) in [6.07, 6.45) is 0.910. The monoisotopic (exact) mass is 363 g/mol. The van der Waals surface area contributed by atoms with E-state index in [-0.39, 0.29) is 18.8 Å². The summed E-state index contributed by atoms with van der Waals surface area (Å²) in [5, 5.41) is 20.0. The third-order valence-corrected chi connectivity index (χ3v) is 5.59. The third-order valence-electron chi connectivity index (χ3n) is 5.59. The van der Waals surface area contributed by atoms with E-state index in [0.29, 0.717) is 13.0 Å².